The number of hydrogen-bond donors (Lipinski definition) is 1. The molecule has 2 amide bonds. The van der Waals surface area contributed by atoms with E-state index < -0.39 is 5.91 Å². The Bertz CT molecular complexity index is 1130. The van der Waals surface area contributed by atoms with E-state index in [-0.39, 0.29) is 23.3 Å². The number of pyridine rings is 1. The molecule has 1 atom stereocenters. The minimum absolute atomic E-state index is 0.0768. The van der Waals surface area contributed by atoms with Crippen LogP contribution in [0.15, 0.2) is 79.5 Å². The van der Waals surface area contributed by atoms with Crippen LogP contribution in [0.3, 0.4) is 0 Å². The second-order valence-corrected chi connectivity index (χ2v) is 7.45. The molecule has 0 saturated carbocycles. The molecule has 3 aromatic rings. The van der Waals surface area contributed by atoms with E-state index in [1.54, 1.807) is 41.4 Å². The number of benzene rings is 2. The maximum atomic E-state index is 12.1. The van der Waals surface area contributed by atoms with Gasteiger partial charge < -0.3 is 20.1 Å². The van der Waals surface area contributed by atoms with E-state index in [0.29, 0.717) is 24.6 Å². The molecule has 1 aromatic heterocycles. The highest BCUT2D eigenvalue weighted by Gasteiger charge is 2.27. The molecular weight excluding hydrogens is 406 g/mol. The molecule has 4 rings (SSSR count). The van der Waals surface area contributed by atoms with Crippen molar-refractivity contribution in [3.63, 3.8) is 0 Å². The number of aromatic nitrogens is 1. The molecule has 0 bridgehead atoms. The highest BCUT2D eigenvalue weighted by Crippen LogP contribution is 2.32. The first kappa shape index (κ1) is 21.1. The largest absolute Gasteiger partial charge is 0.457 e. The van der Waals surface area contributed by atoms with Crippen molar-refractivity contribution in [2.45, 2.75) is 12.3 Å². The normalized spacial score (nSPS) is 15.2. The minimum atomic E-state index is -0.629. The number of ether oxygens (including phenoxy) is 2. The summed E-state index contributed by atoms with van der Waals surface area (Å²) < 4.78 is 11.6. The quantitative estimate of drug-likeness (QED) is 0.566. The van der Waals surface area contributed by atoms with Crippen LogP contribution in [0.5, 0.6) is 23.1 Å². The van der Waals surface area contributed by atoms with Crippen molar-refractivity contribution in [2.75, 3.05) is 13.1 Å². The van der Waals surface area contributed by atoms with Gasteiger partial charge in [-0.05, 0) is 60.5 Å². The molecule has 1 unspecified atom stereocenters. The SMILES string of the molecule is C=CC(=O)N1CCC(c2cnc(Oc3ccc(Oc4ccccc4)cc3)c(C(N)=O)c2)C1. The average Bonchev–Trinajstić information content (AvgIpc) is 3.31. The van der Waals surface area contributed by atoms with Gasteiger partial charge in [0.25, 0.3) is 5.91 Å². The van der Waals surface area contributed by atoms with Gasteiger partial charge in [0.15, 0.2) is 0 Å². The van der Waals surface area contributed by atoms with Gasteiger partial charge in [-0.1, -0.05) is 24.8 Å². The highest BCUT2D eigenvalue weighted by molar-refractivity contribution is 5.95. The summed E-state index contributed by atoms with van der Waals surface area (Å²) in [6.07, 6.45) is 3.76. The van der Waals surface area contributed by atoms with Crippen LogP contribution in [-0.4, -0.2) is 34.8 Å². The van der Waals surface area contributed by atoms with E-state index in [4.69, 9.17) is 15.2 Å². The Hall–Kier alpha value is -4.13. The van der Waals surface area contributed by atoms with Crippen LogP contribution in [0.25, 0.3) is 0 Å². The molecule has 0 radical (unpaired) electrons. The zero-order valence-electron chi connectivity index (χ0n) is 17.4. The standard InChI is InChI=1S/C25H23N3O4/c1-2-23(29)28-13-12-17(16-28)18-14-22(24(26)30)25(27-15-18)32-21-10-8-20(9-11-21)31-19-6-4-3-5-7-19/h2-11,14-15,17H,1,12-13,16H2,(H2,26,30). The number of amides is 2. The second-order valence-electron chi connectivity index (χ2n) is 7.45. The number of carbonyl (C=O) groups is 2. The smallest absolute Gasteiger partial charge is 0.254 e. The summed E-state index contributed by atoms with van der Waals surface area (Å²) in [5.74, 6) is 1.36. The summed E-state index contributed by atoms with van der Waals surface area (Å²) >= 11 is 0. The zero-order valence-corrected chi connectivity index (χ0v) is 17.4. The molecule has 0 spiro atoms. The number of nitrogens with zero attached hydrogens (tertiary/aromatic N) is 2. The number of carbonyl (C=O) groups excluding carboxylic acids is 2. The third kappa shape index (κ3) is 4.78. The van der Waals surface area contributed by atoms with E-state index in [2.05, 4.69) is 11.6 Å². The van der Waals surface area contributed by atoms with Gasteiger partial charge in [0.2, 0.25) is 11.8 Å². The third-order valence-corrected chi connectivity index (χ3v) is 5.30. The van der Waals surface area contributed by atoms with Crippen LogP contribution in [-0.2, 0) is 4.79 Å². The second kappa shape index (κ2) is 9.34. The maximum absolute atomic E-state index is 12.1. The number of para-hydroxylation sites is 1. The van der Waals surface area contributed by atoms with Gasteiger partial charge in [-0.3, -0.25) is 9.59 Å². The molecule has 1 aliphatic heterocycles. The Balaban J connectivity index is 1.48. The monoisotopic (exact) mass is 429 g/mol. The van der Waals surface area contributed by atoms with Gasteiger partial charge in [-0.2, -0.15) is 0 Å². The molecule has 0 aliphatic carbocycles. The summed E-state index contributed by atoms with van der Waals surface area (Å²) in [6, 6.07) is 18.1. The van der Waals surface area contributed by atoms with Crippen molar-refractivity contribution >= 4 is 11.8 Å². The molecule has 7 heteroatoms. The van der Waals surface area contributed by atoms with Gasteiger partial charge >= 0.3 is 0 Å². The van der Waals surface area contributed by atoms with E-state index in [1.807, 2.05) is 30.3 Å². The summed E-state index contributed by atoms with van der Waals surface area (Å²) in [7, 11) is 0. The molecular formula is C25H23N3O4. The zero-order chi connectivity index (χ0) is 22.5. The molecule has 1 fully saturated rings. The molecule has 1 aliphatic rings. The van der Waals surface area contributed by atoms with E-state index in [1.165, 1.54) is 6.08 Å². The predicted octanol–water partition coefficient (Wildman–Crippen LogP) is 4.27. The van der Waals surface area contributed by atoms with Crippen molar-refractivity contribution < 1.29 is 19.1 Å². The fourth-order valence-electron chi connectivity index (χ4n) is 3.62. The predicted molar refractivity (Wildman–Crippen MR) is 120 cm³/mol. The molecule has 2 N–H and O–H groups in total. The summed E-state index contributed by atoms with van der Waals surface area (Å²) in [5, 5.41) is 0. The van der Waals surface area contributed by atoms with Crippen LogP contribution in [0.1, 0.15) is 28.3 Å². The molecule has 32 heavy (non-hydrogen) atoms. The van der Waals surface area contributed by atoms with Crippen molar-refractivity contribution in [3.05, 3.63) is 90.6 Å². The van der Waals surface area contributed by atoms with Gasteiger partial charge in [-0.15, -0.1) is 0 Å². The fourth-order valence-corrected chi connectivity index (χ4v) is 3.62. The Morgan fingerprint density at radius 2 is 1.69 bits per heavy atom. The number of rotatable bonds is 7. The van der Waals surface area contributed by atoms with Gasteiger partial charge in [-0.25, -0.2) is 4.98 Å². The van der Waals surface area contributed by atoms with Crippen LogP contribution < -0.4 is 15.2 Å². The first-order valence-corrected chi connectivity index (χ1v) is 10.3. The molecule has 162 valence electrons. The molecule has 1 saturated heterocycles. The molecule has 7 nitrogen and oxygen atoms in total. The van der Waals surface area contributed by atoms with Gasteiger partial charge in [0.1, 0.15) is 22.8 Å². The van der Waals surface area contributed by atoms with Gasteiger partial charge in [0, 0.05) is 25.2 Å². The highest BCUT2D eigenvalue weighted by atomic mass is 16.5. The van der Waals surface area contributed by atoms with E-state index >= 15 is 0 Å². The van der Waals surface area contributed by atoms with Crippen LogP contribution in [0.4, 0.5) is 0 Å². The lowest BCUT2D eigenvalue weighted by atomic mass is 9.98. The average molecular weight is 429 g/mol. The Kier molecular flexibility index (Phi) is 6.17. The van der Waals surface area contributed by atoms with Crippen molar-refractivity contribution in [1.29, 1.82) is 0 Å². The fraction of sp³-hybridized carbons (Fsp3) is 0.160. The Labute approximate surface area is 186 Å². The van der Waals surface area contributed by atoms with Crippen molar-refractivity contribution in [2.24, 2.45) is 5.73 Å². The minimum Gasteiger partial charge on any atom is -0.457 e. The molecule has 2 aromatic carbocycles. The van der Waals surface area contributed by atoms with Crippen LogP contribution in [0, 0.1) is 0 Å². The summed E-state index contributed by atoms with van der Waals surface area (Å²) in [4.78, 5) is 30.0. The Morgan fingerprint density at radius 1 is 1.03 bits per heavy atom. The first-order valence-electron chi connectivity index (χ1n) is 10.3. The Morgan fingerprint density at radius 3 is 2.34 bits per heavy atom. The van der Waals surface area contributed by atoms with Crippen LogP contribution >= 0.6 is 0 Å². The number of nitrogens with two attached hydrogens (primary N) is 1. The maximum Gasteiger partial charge on any atom is 0.254 e. The van der Waals surface area contributed by atoms with E-state index in [9.17, 15) is 9.59 Å². The molecule has 2 heterocycles. The van der Waals surface area contributed by atoms with Crippen LogP contribution in [0.2, 0.25) is 0 Å². The van der Waals surface area contributed by atoms with E-state index in [0.717, 1.165) is 17.7 Å². The lowest BCUT2D eigenvalue weighted by Crippen LogP contribution is -2.26. The lowest BCUT2D eigenvalue weighted by molar-refractivity contribution is -0.125. The summed E-state index contributed by atoms with van der Waals surface area (Å²) in [6.45, 7) is 4.71. The van der Waals surface area contributed by atoms with Crippen molar-refractivity contribution in [3.8, 4) is 23.1 Å². The van der Waals surface area contributed by atoms with Crippen molar-refractivity contribution in [1.82, 2.24) is 9.88 Å². The summed E-state index contributed by atoms with van der Waals surface area (Å²) in [5.41, 5.74) is 6.63. The topological polar surface area (TPSA) is 94.8 Å². The first-order chi connectivity index (χ1) is 15.5. The number of hydrogen-bond acceptors (Lipinski definition) is 5. The number of primary amides is 1. The van der Waals surface area contributed by atoms with Gasteiger partial charge in [0.05, 0.1) is 0 Å². The third-order valence-electron chi connectivity index (χ3n) is 5.30. The number of likely N-dealkylation sites (tertiary alicyclic amines) is 1. The lowest BCUT2D eigenvalue weighted by Gasteiger charge is -2.15.